The van der Waals surface area contributed by atoms with E-state index in [0.717, 1.165) is 27.6 Å². The van der Waals surface area contributed by atoms with Crippen LogP contribution < -0.4 is 4.90 Å². The Hall–Kier alpha value is -2.66. The number of nitrogens with zero attached hydrogens (tertiary/aromatic N) is 5. The Morgan fingerprint density at radius 1 is 1.22 bits per heavy atom. The van der Waals surface area contributed by atoms with Gasteiger partial charge >= 0.3 is 0 Å². The number of hydrogen-bond acceptors (Lipinski definition) is 7. The average Bonchev–Trinajstić information content (AvgIpc) is 3.55. The summed E-state index contributed by atoms with van der Waals surface area (Å²) in [6.07, 6.45) is 0.614. The first kappa shape index (κ1) is 21.2. The lowest BCUT2D eigenvalue weighted by atomic mass is 10.2. The van der Waals surface area contributed by atoms with E-state index in [-0.39, 0.29) is 23.5 Å². The highest BCUT2D eigenvalue weighted by atomic mass is 32.2. The van der Waals surface area contributed by atoms with Gasteiger partial charge in [-0.15, -0.1) is 11.3 Å². The predicted molar refractivity (Wildman–Crippen MR) is 124 cm³/mol. The zero-order valence-electron chi connectivity index (χ0n) is 18.1. The third kappa shape index (κ3) is 3.83. The molecule has 32 heavy (non-hydrogen) atoms. The molecule has 3 aromatic rings. The maximum absolute atomic E-state index is 13.0. The molecule has 1 unspecified atom stereocenters. The number of sulfone groups is 1. The first-order valence-corrected chi connectivity index (χ1v) is 13.4. The molecule has 2 saturated heterocycles. The molecule has 0 aliphatic carbocycles. The Balaban J connectivity index is 1.27. The normalized spacial score (nSPS) is 20.8. The first-order chi connectivity index (χ1) is 15.3. The minimum atomic E-state index is -2.97. The summed E-state index contributed by atoms with van der Waals surface area (Å²) in [5.74, 6) is 0.324. The molecule has 5 rings (SSSR count). The maximum Gasteiger partial charge on any atom is 0.274 e. The number of piperazine rings is 1. The van der Waals surface area contributed by atoms with Gasteiger partial charge in [-0.05, 0) is 37.8 Å². The zero-order chi connectivity index (χ0) is 22.5. The Bertz CT molecular complexity index is 1240. The van der Waals surface area contributed by atoms with Gasteiger partial charge in [0.05, 0.1) is 45.2 Å². The summed E-state index contributed by atoms with van der Waals surface area (Å²) in [6, 6.07) is 5.69. The molecule has 0 radical (unpaired) electrons. The highest BCUT2D eigenvalue weighted by Crippen LogP contribution is 2.32. The molecule has 1 atom stereocenters. The standard InChI is InChI=1S/C21H26N6O3S2/c1-14-20(15(2)27(24-14)16-5-11-32(29,30)13-16)25-6-8-26(9-7-25)21(28)18-12-17(22-23-18)19-4-3-10-31-19/h3-4,10,12,16H,5-9,11,13H2,1-2H3,(H,22,23). The third-order valence-corrected chi connectivity index (χ3v) is 8.96. The molecular weight excluding hydrogens is 448 g/mol. The van der Waals surface area contributed by atoms with Crippen LogP contribution in [-0.4, -0.2) is 76.9 Å². The van der Waals surface area contributed by atoms with E-state index in [4.69, 9.17) is 0 Å². The van der Waals surface area contributed by atoms with E-state index in [1.54, 1.807) is 11.3 Å². The number of rotatable bonds is 4. The van der Waals surface area contributed by atoms with Crippen LogP contribution in [0, 0.1) is 13.8 Å². The minimum Gasteiger partial charge on any atom is -0.365 e. The van der Waals surface area contributed by atoms with E-state index in [9.17, 15) is 13.2 Å². The number of H-pyrrole nitrogens is 1. The summed E-state index contributed by atoms with van der Waals surface area (Å²) in [5.41, 5.74) is 4.25. The Labute approximate surface area is 190 Å². The number of carbonyl (C=O) groups is 1. The molecule has 2 aliphatic rings. The van der Waals surface area contributed by atoms with Crippen molar-refractivity contribution in [2.24, 2.45) is 0 Å². The minimum absolute atomic E-state index is 0.0657. The number of thiophene rings is 1. The van der Waals surface area contributed by atoms with E-state index in [0.29, 0.717) is 38.3 Å². The van der Waals surface area contributed by atoms with Gasteiger partial charge in [-0.1, -0.05) is 6.07 Å². The van der Waals surface area contributed by atoms with Crippen LogP contribution in [0.15, 0.2) is 23.6 Å². The van der Waals surface area contributed by atoms with Gasteiger partial charge in [0.2, 0.25) is 0 Å². The molecule has 2 aliphatic heterocycles. The predicted octanol–water partition coefficient (Wildman–Crippen LogP) is 2.27. The van der Waals surface area contributed by atoms with Crippen LogP contribution in [0.3, 0.4) is 0 Å². The lowest BCUT2D eigenvalue weighted by molar-refractivity contribution is 0.0741. The molecule has 0 saturated carbocycles. The van der Waals surface area contributed by atoms with Crippen molar-refractivity contribution in [3.63, 3.8) is 0 Å². The summed E-state index contributed by atoms with van der Waals surface area (Å²) < 4.78 is 25.7. The fourth-order valence-electron chi connectivity index (χ4n) is 4.72. The number of aromatic amines is 1. The van der Waals surface area contributed by atoms with E-state index >= 15 is 0 Å². The molecule has 1 amide bonds. The largest absolute Gasteiger partial charge is 0.365 e. The summed E-state index contributed by atoms with van der Waals surface area (Å²) >= 11 is 1.60. The van der Waals surface area contributed by atoms with Gasteiger partial charge in [-0.25, -0.2) is 8.42 Å². The second-order valence-corrected chi connectivity index (χ2v) is 11.6. The molecule has 3 aromatic heterocycles. The Morgan fingerprint density at radius 2 is 2.00 bits per heavy atom. The summed E-state index contributed by atoms with van der Waals surface area (Å²) in [7, 11) is -2.97. The number of anilines is 1. The van der Waals surface area contributed by atoms with E-state index in [2.05, 4.69) is 20.2 Å². The average molecular weight is 475 g/mol. The molecule has 2 fully saturated rings. The Kier molecular flexibility index (Phi) is 5.32. The van der Waals surface area contributed by atoms with Gasteiger partial charge in [-0.3, -0.25) is 14.6 Å². The summed E-state index contributed by atoms with van der Waals surface area (Å²) in [5, 5.41) is 13.9. The monoisotopic (exact) mass is 474 g/mol. The van der Waals surface area contributed by atoms with Crippen molar-refractivity contribution in [2.75, 3.05) is 42.6 Å². The number of amides is 1. The van der Waals surface area contributed by atoms with Crippen LogP contribution in [0.1, 0.15) is 34.3 Å². The fraction of sp³-hybridized carbons (Fsp3) is 0.476. The molecule has 0 aromatic carbocycles. The van der Waals surface area contributed by atoms with Crippen molar-refractivity contribution in [3.05, 3.63) is 40.7 Å². The third-order valence-electron chi connectivity index (χ3n) is 6.31. The van der Waals surface area contributed by atoms with Crippen LogP contribution in [0.5, 0.6) is 0 Å². The van der Waals surface area contributed by atoms with Gasteiger partial charge in [0, 0.05) is 26.2 Å². The van der Waals surface area contributed by atoms with Crippen molar-refractivity contribution in [3.8, 4) is 10.6 Å². The number of aryl methyl sites for hydroxylation is 1. The molecule has 11 heteroatoms. The van der Waals surface area contributed by atoms with Crippen LogP contribution in [0.4, 0.5) is 5.69 Å². The summed E-state index contributed by atoms with van der Waals surface area (Å²) in [6.45, 7) is 6.57. The molecule has 1 N–H and O–H groups in total. The zero-order valence-corrected chi connectivity index (χ0v) is 19.7. The number of nitrogens with one attached hydrogen (secondary N) is 1. The SMILES string of the molecule is Cc1nn(C2CCS(=O)(=O)C2)c(C)c1N1CCN(C(=O)c2cc(-c3cccs3)[nH]n2)CC1. The van der Waals surface area contributed by atoms with Crippen LogP contribution in [0.2, 0.25) is 0 Å². The van der Waals surface area contributed by atoms with Gasteiger partial charge in [0.1, 0.15) is 0 Å². The van der Waals surface area contributed by atoms with Gasteiger partial charge in [0.25, 0.3) is 5.91 Å². The first-order valence-electron chi connectivity index (χ1n) is 10.7. The number of hydrogen-bond donors (Lipinski definition) is 1. The molecular formula is C21H26N6O3S2. The van der Waals surface area contributed by atoms with E-state index < -0.39 is 9.84 Å². The van der Waals surface area contributed by atoms with Gasteiger partial charge < -0.3 is 9.80 Å². The second-order valence-electron chi connectivity index (χ2n) is 8.44. The van der Waals surface area contributed by atoms with Gasteiger partial charge in [-0.2, -0.15) is 10.2 Å². The van der Waals surface area contributed by atoms with Crippen molar-refractivity contribution < 1.29 is 13.2 Å². The van der Waals surface area contributed by atoms with Crippen molar-refractivity contribution in [1.29, 1.82) is 0 Å². The second kappa shape index (κ2) is 8.04. The topological polar surface area (TPSA) is 104 Å². The van der Waals surface area contributed by atoms with E-state index in [1.165, 1.54) is 0 Å². The quantitative estimate of drug-likeness (QED) is 0.622. The lowest BCUT2D eigenvalue weighted by Gasteiger charge is -2.36. The highest BCUT2D eigenvalue weighted by Gasteiger charge is 2.33. The number of aromatic nitrogens is 4. The number of carbonyl (C=O) groups excluding carboxylic acids is 1. The molecule has 0 bridgehead atoms. The summed E-state index contributed by atoms with van der Waals surface area (Å²) in [4.78, 5) is 18.1. The highest BCUT2D eigenvalue weighted by molar-refractivity contribution is 7.91. The maximum atomic E-state index is 13.0. The van der Waals surface area contributed by atoms with Crippen molar-refractivity contribution >= 4 is 32.8 Å². The smallest absolute Gasteiger partial charge is 0.274 e. The van der Waals surface area contributed by atoms with Gasteiger partial charge in [0.15, 0.2) is 15.5 Å². The Morgan fingerprint density at radius 3 is 2.66 bits per heavy atom. The molecule has 9 nitrogen and oxygen atoms in total. The molecule has 170 valence electrons. The van der Waals surface area contributed by atoms with Crippen LogP contribution >= 0.6 is 11.3 Å². The van der Waals surface area contributed by atoms with Crippen LogP contribution in [0.25, 0.3) is 10.6 Å². The van der Waals surface area contributed by atoms with Crippen molar-refractivity contribution in [1.82, 2.24) is 24.9 Å². The fourth-order valence-corrected chi connectivity index (χ4v) is 7.10. The molecule has 5 heterocycles. The van der Waals surface area contributed by atoms with E-state index in [1.807, 2.05) is 47.0 Å². The lowest BCUT2D eigenvalue weighted by Crippen LogP contribution is -2.49. The van der Waals surface area contributed by atoms with Crippen LogP contribution in [-0.2, 0) is 9.84 Å². The van der Waals surface area contributed by atoms with Crippen molar-refractivity contribution in [2.45, 2.75) is 26.3 Å². The molecule has 0 spiro atoms.